The molecule has 1 rings (SSSR count). The van der Waals surface area contributed by atoms with Gasteiger partial charge in [0.1, 0.15) is 5.69 Å². The molecule has 0 spiro atoms. The van der Waals surface area contributed by atoms with Crippen LogP contribution in [0.5, 0.6) is 0 Å². The van der Waals surface area contributed by atoms with Crippen molar-refractivity contribution in [3.8, 4) is 0 Å². The molecule has 0 saturated heterocycles. The van der Waals surface area contributed by atoms with Gasteiger partial charge in [0.05, 0.1) is 4.92 Å². The number of allylic oxidation sites excluding steroid dienone is 1. The maximum Gasteiger partial charge on any atom is 0.330 e. The van der Waals surface area contributed by atoms with Crippen molar-refractivity contribution in [2.45, 2.75) is 13.3 Å². The minimum atomic E-state index is -0.696. The lowest BCUT2D eigenvalue weighted by Gasteiger charge is -2.06. The van der Waals surface area contributed by atoms with Crippen LogP contribution in [0.15, 0.2) is 30.4 Å². The van der Waals surface area contributed by atoms with Crippen LogP contribution in [0.3, 0.4) is 0 Å². The number of esters is 1. The Balaban J connectivity index is 2.67. The van der Waals surface area contributed by atoms with E-state index in [2.05, 4.69) is 10.1 Å². The minimum absolute atomic E-state index is 0.0577. The number of hydrogen-bond acceptors (Lipinski definition) is 5. The Morgan fingerprint density at radius 2 is 2.19 bits per heavy atom. The quantitative estimate of drug-likeness (QED) is 0.377. The maximum atomic E-state index is 11.6. The smallest absolute Gasteiger partial charge is 0.330 e. The van der Waals surface area contributed by atoms with Gasteiger partial charge in [-0.2, -0.15) is 0 Å². The zero-order valence-electron chi connectivity index (χ0n) is 11.2. The van der Waals surface area contributed by atoms with E-state index in [0.29, 0.717) is 6.42 Å². The van der Waals surface area contributed by atoms with E-state index in [0.717, 1.165) is 0 Å². The standard InChI is InChI=1S/C13H13ClN2O5/c1-2-3-4-13(18)21-8-12(17)15-10-7-9(14)5-6-11(10)16(19)20/h3-7H,2,8H2,1H3,(H,15,17)/b4-3+. The zero-order valence-corrected chi connectivity index (χ0v) is 11.9. The molecular formula is C13H13ClN2O5. The van der Waals surface area contributed by atoms with Crippen molar-refractivity contribution < 1.29 is 19.2 Å². The first kappa shape index (κ1) is 16.6. The Hall–Kier alpha value is -2.41. The van der Waals surface area contributed by atoms with Crippen molar-refractivity contribution in [3.05, 3.63) is 45.5 Å². The fourth-order valence-electron chi connectivity index (χ4n) is 1.35. The summed E-state index contributed by atoms with van der Waals surface area (Å²) in [5, 5.41) is 13.3. The van der Waals surface area contributed by atoms with E-state index in [-0.39, 0.29) is 16.4 Å². The van der Waals surface area contributed by atoms with Gasteiger partial charge in [-0.15, -0.1) is 0 Å². The van der Waals surface area contributed by atoms with Gasteiger partial charge in [0.2, 0.25) is 0 Å². The third-order valence-electron chi connectivity index (χ3n) is 2.26. The molecule has 0 atom stereocenters. The van der Waals surface area contributed by atoms with Crippen molar-refractivity contribution in [2.24, 2.45) is 0 Å². The average molecular weight is 313 g/mol. The van der Waals surface area contributed by atoms with E-state index in [1.807, 2.05) is 6.92 Å². The number of nitrogens with zero attached hydrogens (tertiary/aromatic N) is 1. The number of amides is 1. The molecule has 0 radical (unpaired) electrons. The second-order valence-electron chi connectivity index (χ2n) is 3.89. The minimum Gasteiger partial charge on any atom is -0.452 e. The fourth-order valence-corrected chi connectivity index (χ4v) is 1.52. The fraction of sp³-hybridized carbons (Fsp3) is 0.231. The molecule has 1 amide bonds. The number of carbonyl (C=O) groups excluding carboxylic acids is 2. The summed E-state index contributed by atoms with van der Waals surface area (Å²) in [7, 11) is 0. The number of anilines is 1. The number of rotatable bonds is 6. The summed E-state index contributed by atoms with van der Waals surface area (Å²) < 4.78 is 4.67. The maximum absolute atomic E-state index is 11.6. The molecule has 8 heteroatoms. The van der Waals surface area contributed by atoms with E-state index >= 15 is 0 Å². The number of halogens is 1. The number of benzene rings is 1. The van der Waals surface area contributed by atoms with Crippen molar-refractivity contribution in [1.82, 2.24) is 0 Å². The molecule has 0 heterocycles. The Labute approximate surface area is 125 Å². The van der Waals surface area contributed by atoms with Crippen LogP contribution < -0.4 is 5.32 Å². The highest BCUT2D eigenvalue weighted by molar-refractivity contribution is 6.31. The molecule has 1 N–H and O–H groups in total. The molecule has 0 unspecified atom stereocenters. The van der Waals surface area contributed by atoms with Crippen molar-refractivity contribution in [2.75, 3.05) is 11.9 Å². The van der Waals surface area contributed by atoms with Crippen LogP contribution in [0.4, 0.5) is 11.4 Å². The van der Waals surface area contributed by atoms with Gasteiger partial charge in [0.15, 0.2) is 6.61 Å². The van der Waals surface area contributed by atoms with E-state index in [1.165, 1.54) is 24.3 Å². The molecule has 0 aliphatic carbocycles. The summed E-state index contributed by atoms with van der Waals surface area (Å²) >= 11 is 5.72. The number of nitro groups is 1. The number of ether oxygens (including phenoxy) is 1. The zero-order chi connectivity index (χ0) is 15.8. The largest absolute Gasteiger partial charge is 0.452 e. The van der Waals surface area contributed by atoms with Crippen molar-refractivity contribution in [1.29, 1.82) is 0 Å². The third-order valence-corrected chi connectivity index (χ3v) is 2.50. The third kappa shape index (κ3) is 5.62. The van der Waals surface area contributed by atoms with Crippen molar-refractivity contribution in [3.63, 3.8) is 0 Å². The molecule has 21 heavy (non-hydrogen) atoms. The van der Waals surface area contributed by atoms with E-state index in [9.17, 15) is 19.7 Å². The average Bonchev–Trinajstić information content (AvgIpc) is 2.42. The van der Waals surface area contributed by atoms with Gasteiger partial charge >= 0.3 is 5.97 Å². The second-order valence-corrected chi connectivity index (χ2v) is 4.32. The lowest BCUT2D eigenvalue weighted by molar-refractivity contribution is -0.383. The first-order valence-electron chi connectivity index (χ1n) is 6.01. The Bertz CT molecular complexity index is 586. The SMILES string of the molecule is CC/C=C/C(=O)OCC(=O)Nc1cc(Cl)ccc1[N+](=O)[O-]. The van der Waals surface area contributed by atoms with Gasteiger partial charge < -0.3 is 10.1 Å². The summed E-state index contributed by atoms with van der Waals surface area (Å²) in [6.45, 7) is 1.30. The Morgan fingerprint density at radius 3 is 2.81 bits per heavy atom. The molecule has 1 aromatic rings. The first-order valence-corrected chi connectivity index (χ1v) is 6.39. The second kappa shape index (κ2) is 8.01. The topological polar surface area (TPSA) is 98.5 Å². The Kier molecular flexibility index (Phi) is 6.35. The predicted octanol–water partition coefficient (Wildman–Crippen LogP) is 2.70. The number of carbonyl (C=O) groups is 2. The van der Waals surface area contributed by atoms with E-state index in [4.69, 9.17) is 11.6 Å². The van der Waals surface area contributed by atoms with Gasteiger partial charge in [-0.25, -0.2) is 4.79 Å². The lowest BCUT2D eigenvalue weighted by Crippen LogP contribution is -2.20. The Morgan fingerprint density at radius 1 is 1.48 bits per heavy atom. The number of nitrogens with one attached hydrogen (secondary N) is 1. The van der Waals surface area contributed by atoms with Crippen molar-refractivity contribution >= 4 is 34.9 Å². The van der Waals surface area contributed by atoms with Gasteiger partial charge in [-0.1, -0.05) is 24.6 Å². The van der Waals surface area contributed by atoms with Gasteiger partial charge in [0, 0.05) is 17.2 Å². The number of hydrogen-bond donors (Lipinski definition) is 1. The molecular weight excluding hydrogens is 300 g/mol. The molecule has 0 saturated carbocycles. The monoisotopic (exact) mass is 312 g/mol. The highest BCUT2D eigenvalue weighted by Gasteiger charge is 2.16. The molecule has 1 aromatic carbocycles. The van der Waals surface area contributed by atoms with E-state index in [1.54, 1.807) is 6.08 Å². The molecule has 0 bridgehead atoms. The number of nitro benzene ring substituents is 1. The predicted molar refractivity (Wildman–Crippen MR) is 77.1 cm³/mol. The summed E-state index contributed by atoms with van der Waals surface area (Å²) in [6, 6.07) is 3.76. The summed E-state index contributed by atoms with van der Waals surface area (Å²) in [4.78, 5) is 32.9. The van der Waals surface area contributed by atoms with Gasteiger partial charge in [-0.3, -0.25) is 14.9 Å². The normalized spacial score (nSPS) is 10.4. The lowest BCUT2D eigenvalue weighted by atomic mass is 10.2. The highest BCUT2D eigenvalue weighted by atomic mass is 35.5. The van der Waals surface area contributed by atoms with Crippen LogP contribution in [0, 0.1) is 10.1 Å². The van der Waals surface area contributed by atoms with Gasteiger partial charge in [-0.05, 0) is 18.6 Å². The van der Waals surface area contributed by atoms with Crippen LogP contribution in [0.25, 0.3) is 0 Å². The molecule has 0 aromatic heterocycles. The van der Waals surface area contributed by atoms with Crippen LogP contribution in [0.1, 0.15) is 13.3 Å². The summed E-state index contributed by atoms with van der Waals surface area (Å²) in [6.07, 6.45) is 3.45. The van der Waals surface area contributed by atoms with Crippen LogP contribution in [0.2, 0.25) is 5.02 Å². The van der Waals surface area contributed by atoms with E-state index < -0.39 is 23.4 Å². The van der Waals surface area contributed by atoms with Crippen LogP contribution in [-0.4, -0.2) is 23.4 Å². The highest BCUT2D eigenvalue weighted by Crippen LogP contribution is 2.27. The summed E-state index contributed by atoms with van der Waals surface area (Å²) in [5.41, 5.74) is -0.359. The molecule has 0 aliphatic heterocycles. The summed E-state index contributed by atoms with van der Waals surface area (Å²) in [5.74, 6) is -1.36. The van der Waals surface area contributed by atoms with Crippen LogP contribution >= 0.6 is 11.6 Å². The molecule has 112 valence electrons. The molecule has 0 fully saturated rings. The van der Waals surface area contributed by atoms with Gasteiger partial charge in [0.25, 0.3) is 11.6 Å². The first-order chi connectivity index (χ1) is 9.93. The molecule has 7 nitrogen and oxygen atoms in total. The van der Waals surface area contributed by atoms with Crippen LogP contribution in [-0.2, 0) is 14.3 Å². The molecule has 0 aliphatic rings.